The maximum atomic E-state index is 14.9. The summed E-state index contributed by atoms with van der Waals surface area (Å²) in [6.07, 6.45) is 10.1. The number of nitrogens with one attached hydrogen (secondary N) is 2. The normalized spacial score (nSPS) is 31.0. The zero-order valence-corrected chi connectivity index (χ0v) is 22.0. The van der Waals surface area contributed by atoms with Gasteiger partial charge in [-0.05, 0) is 75.7 Å². The molecule has 0 saturated heterocycles. The van der Waals surface area contributed by atoms with Crippen LogP contribution < -0.4 is 20.1 Å². The molecule has 0 aromatic heterocycles. The van der Waals surface area contributed by atoms with Crippen LogP contribution in [0.25, 0.3) is 0 Å². The smallest absolute Gasteiger partial charge is 0.306 e. The lowest BCUT2D eigenvalue weighted by molar-refractivity contribution is -0.143. The number of methoxy groups -OCH3 is 1. The molecule has 208 valence electrons. The first-order valence-electron chi connectivity index (χ1n) is 14.2. The molecule has 4 fully saturated rings. The van der Waals surface area contributed by atoms with Crippen LogP contribution in [0.15, 0.2) is 12.1 Å². The van der Waals surface area contributed by atoms with E-state index >= 15 is 0 Å². The van der Waals surface area contributed by atoms with Gasteiger partial charge < -0.3 is 25.2 Å². The molecule has 9 heteroatoms. The molecule has 5 rings (SSSR count). The third-order valence-electron chi connectivity index (χ3n) is 9.28. The molecule has 4 aliphatic rings. The van der Waals surface area contributed by atoms with E-state index in [1.807, 2.05) is 0 Å². The lowest BCUT2D eigenvalue weighted by Crippen LogP contribution is -2.51. The van der Waals surface area contributed by atoms with Crippen molar-refractivity contribution in [2.24, 2.45) is 23.7 Å². The molecule has 38 heavy (non-hydrogen) atoms. The number of halogens is 1. The maximum Gasteiger partial charge on any atom is 0.306 e. The number of rotatable bonds is 8. The van der Waals surface area contributed by atoms with Crippen LogP contribution >= 0.6 is 0 Å². The highest BCUT2D eigenvalue weighted by atomic mass is 19.1. The van der Waals surface area contributed by atoms with Crippen molar-refractivity contribution in [2.45, 2.75) is 95.2 Å². The molecule has 3 N–H and O–H groups in total. The number of amides is 2. The van der Waals surface area contributed by atoms with Crippen LogP contribution in [-0.4, -0.2) is 48.2 Å². The predicted octanol–water partition coefficient (Wildman–Crippen LogP) is 4.45. The summed E-state index contributed by atoms with van der Waals surface area (Å²) >= 11 is 0. The Balaban J connectivity index is 1.29. The number of ether oxygens (including phenoxy) is 2. The van der Waals surface area contributed by atoms with Crippen molar-refractivity contribution < 1.29 is 33.4 Å². The zero-order valence-electron chi connectivity index (χ0n) is 22.0. The van der Waals surface area contributed by atoms with Crippen LogP contribution in [0.3, 0.4) is 0 Å². The molecular formula is C29H39FN2O6. The molecular weight excluding hydrogens is 491 g/mol. The Hall–Kier alpha value is -2.84. The number of carbonyl (C=O) groups is 3. The quantitative estimate of drug-likeness (QED) is 0.458. The summed E-state index contributed by atoms with van der Waals surface area (Å²) in [4.78, 5) is 38.1. The third kappa shape index (κ3) is 5.61. The van der Waals surface area contributed by atoms with E-state index in [-0.39, 0.29) is 58.9 Å². The Morgan fingerprint density at radius 3 is 2.29 bits per heavy atom. The van der Waals surface area contributed by atoms with Crippen LogP contribution in [0.1, 0.15) is 87.4 Å². The van der Waals surface area contributed by atoms with Crippen LogP contribution in [0.2, 0.25) is 0 Å². The van der Waals surface area contributed by atoms with Gasteiger partial charge in [-0.25, -0.2) is 4.39 Å². The van der Waals surface area contributed by atoms with Gasteiger partial charge in [0.15, 0.2) is 11.6 Å². The van der Waals surface area contributed by atoms with Crippen molar-refractivity contribution in [2.75, 3.05) is 7.11 Å². The van der Waals surface area contributed by atoms with Crippen molar-refractivity contribution in [1.82, 2.24) is 10.6 Å². The van der Waals surface area contributed by atoms with E-state index in [4.69, 9.17) is 9.47 Å². The first-order chi connectivity index (χ1) is 18.3. The average molecular weight is 531 g/mol. The largest absolute Gasteiger partial charge is 0.496 e. The van der Waals surface area contributed by atoms with E-state index in [1.54, 1.807) is 0 Å². The molecule has 8 nitrogen and oxygen atoms in total. The molecule has 1 aromatic rings. The van der Waals surface area contributed by atoms with Gasteiger partial charge in [0.25, 0.3) is 5.91 Å². The number of benzene rings is 1. The molecule has 1 aromatic carbocycles. The van der Waals surface area contributed by atoms with E-state index in [1.165, 1.54) is 19.6 Å². The Kier molecular flexibility index (Phi) is 8.09. The first kappa shape index (κ1) is 26.8. The molecule has 4 aliphatic carbocycles. The van der Waals surface area contributed by atoms with Crippen LogP contribution in [0.5, 0.6) is 11.5 Å². The number of carboxylic acids is 1. The Morgan fingerprint density at radius 2 is 1.61 bits per heavy atom. The van der Waals surface area contributed by atoms with Gasteiger partial charge in [0.05, 0.1) is 30.6 Å². The number of hydrogen-bond acceptors (Lipinski definition) is 5. The molecule has 2 bridgehead atoms. The SMILES string of the molecule is COc1cc(F)c(OC2CCC(C(=O)O)CC2)cc1C(=O)N[C@@H]1[C@H]2CC[C@H](C2)[C@@H]1C(=O)NC1CCCCC1. The minimum atomic E-state index is -0.815. The summed E-state index contributed by atoms with van der Waals surface area (Å²) in [5.41, 5.74) is 0.164. The highest BCUT2D eigenvalue weighted by Gasteiger charge is 2.51. The van der Waals surface area contributed by atoms with Gasteiger partial charge in [0.1, 0.15) is 5.75 Å². The van der Waals surface area contributed by atoms with Crippen LogP contribution in [-0.2, 0) is 9.59 Å². The minimum Gasteiger partial charge on any atom is -0.496 e. The molecule has 4 saturated carbocycles. The fourth-order valence-electron chi connectivity index (χ4n) is 7.23. The summed E-state index contributed by atoms with van der Waals surface area (Å²) in [5.74, 6) is -1.90. The van der Waals surface area contributed by atoms with Gasteiger partial charge in [-0.3, -0.25) is 14.4 Å². The van der Waals surface area contributed by atoms with E-state index < -0.39 is 23.6 Å². The Labute approximate surface area is 223 Å². The topological polar surface area (TPSA) is 114 Å². The molecule has 0 radical (unpaired) electrons. The number of hydrogen-bond donors (Lipinski definition) is 3. The maximum absolute atomic E-state index is 14.9. The predicted molar refractivity (Wildman–Crippen MR) is 138 cm³/mol. The monoisotopic (exact) mass is 530 g/mol. The third-order valence-corrected chi connectivity index (χ3v) is 9.28. The first-order valence-corrected chi connectivity index (χ1v) is 14.2. The lowest BCUT2D eigenvalue weighted by atomic mass is 9.83. The second-order valence-electron chi connectivity index (χ2n) is 11.6. The Bertz CT molecular complexity index is 1050. The van der Waals surface area contributed by atoms with Crippen molar-refractivity contribution in [3.8, 4) is 11.5 Å². The van der Waals surface area contributed by atoms with Crippen molar-refractivity contribution >= 4 is 17.8 Å². The van der Waals surface area contributed by atoms with Crippen molar-refractivity contribution in [1.29, 1.82) is 0 Å². The molecule has 4 atom stereocenters. The zero-order chi connectivity index (χ0) is 26.8. The van der Waals surface area contributed by atoms with Gasteiger partial charge in [0.2, 0.25) is 5.91 Å². The highest BCUT2D eigenvalue weighted by molar-refractivity contribution is 5.98. The molecule has 0 aliphatic heterocycles. The van der Waals surface area contributed by atoms with Crippen LogP contribution in [0.4, 0.5) is 4.39 Å². The molecule has 0 spiro atoms. The number of carbonyl (C=O) groups excluding carboxylic acids is 2. The summed E-state index contributed by atoms with van der Waals surface area (Å²) in [7, 11) is 1.39. The fourth-order valence-corrected chi connectivity index (χ4v) is 7.23. The van der Waals surface area contributed by atoms with Gasteiger partial charge in [0, 0.05) is 18.2 Å². The molecule has 0 unspecified atom stereocenters. The van der Waals surface area contributed by atoms with Gasteiger partial charge >= 0.3 is 5.97 Å². The van der Waals surface area contributed by atoms with Gasteiger partial charge in [-0.2, -0.15) is 0 Å². The van der Waals surface area contributed by atoms with E-state index in [0.717, 1.165) is 51.0 Å². The Morgan fingerprint density at radius 1 is 0.895 bits per heavy atom. The summed E-state index contributed by atoms with van der Waals surface area (Å²) in [6.45, 7) is 0. The second kappa shape index (κ2) is 11.5. The lowest BCUT2D eigenvalue weighted by Gasteiger charge is -2.33. The fraction of sp³-hybridized carbons (Fsp3) is 0.690. The number of carboxylic acid groups (broad SMARTS) is 1. The number of aliphatic carboxylic acids is 1. The van der Waals surface area contributed by atoms with E-state index in [2.05, 4.69) is 10.6 Å². The van der Waals surface area contributed by atoms with Gasteiger partial charge in [-0.1, -0.05) is 19.3 Å². The minimum absolute atomic E-state index is 0.0430. The standard InChI is InChI=1S/C29H39FN2O6/c1-37-23-15-22(30)24(38-20-11-9-16(10-12-20)29(35)36)14-21(23)27(33)32-26-18-8-7-17(13-18)25(26)28(34)31-19-5-3-2-4-6-19/h14-20,25-26H,2-13H2,1H3,(H,31,34)(H,32,33)(H,35,36)/t16?,17-,18+,20?,25+,26-/m1/s1. The van der Waals surface area contributed by atoms with Crippen LogP contribution in [0, 0.1) is 29.5 Å². The van der Waals surface area contributed by atoms with Crippen molar-refractivity contribution in [3.63, 3.8) is 0 Å². The second-order valence-corrected chi connectivity index (χ2v) is 11.6. The molecule has 0 heterocycles. The molecule has 2 amide bonds. The summed E-state index contributed by atoms with van der Waals surface area (Å²) in [6, 6.07) is 2.47. The van der Waals surface area contributed by atoms with E-state index in [9.17, 15) is 23.9 Å². The summed E-state index contributed by atoms with van der Waals surface area (Å²) in [5, 5.41) is 15.6. The highest BCUT2D eigenvalue weighted by Crippen LogP contribution is 2.49. The average Bonchev–Trinajstić information content (AvgIpc) is 3.52. The number of fused-ring (bicyclic) bond motifs is 2. The van der Waals surface area contributed by atoms with Gasteiger partial charge in [-0.15, -0.1) is 0 Å². The summed E-state index contributed by atoms with van der Waals surface area (Å²) < 4.78 is 26.1. The van der Waals surface area contributed by atoms with E-state index in [0.29, 0.717) is 25.7 Å². The van der Waals surface area contributed by atoms with Crippen molar-refractivity contribution in [3.05, 3.63) is 23.5 Å².